The van der Waals surface area contributed by atoms with Gasteiger partial charge in [0.05, 0.1) is 12.7 Å². The molecule has 0 saturated heterocycles. The minimum atomic E-state index is -0.640. The fourth-order valence-electron chi connectivity index (χ4n) is 1.05. The van der Waals surface area contributed by atoms with Crippen molar-refractivity contribution >= 4 is 23.4 Å². The molecule has 1 aromatic rings. The maximum absolute atomic E-state index is 11.2. The molecule has 0 aliphatic heterocycles. The van der Waals surface area contributed by atoms with Crippen LogP contribution >= 0.6 is 11.3 Å². The molecule has 80 valence electrons. The van der Waals surface area contributed by atoms with Gasteiger partial charge < -0.3 is 4.74 Å². The van der Waals surface area contributed by atoms with Crippen LogP contribution in [0.3, 0.4) is 0 Å². The van der Waals surface area contributed by atoms with Crippen molar-refractivity contribution in [1.82, 2.24) is 0 Å². The molecule has 0 spiro atoms. The highest BCUT2D eigenvalue weighted by Gasteiger charge is 2.23. The summed E-state index contributed by atoms with van der Waals surface area (Å²) >= 11 is 1.37. The third kappa shape index (κ3) is 2.52. The topological polar surface area (TPSA) is 55.7 Å². The van der Waals surface area contributed by atoms with E-state index in [9.17, 15) is 9.59 Å². The summed E-state index contributed by atoms with van der Waals surface area (Å²) < 4.78 is 4.58. The predicted molar refractivity (Wildman–Crippen MR) is 56.8 cm³/mol. The number of carbonyl (C=O) groups excluding carboxylic acids is 2. The van der Waals surface area contributed by atoms with Crippen LogP contribution in [0.1, 0.15) is 29.1 Å². The lowest BCUT2D eigenvalue weighted by atomic mass is 10.0. The Morgan fingerprint density at radius 2 is 2.27 bits per heavy atom. The van der Waals surface area contributed by atoms with E-state index >= 15 is 0 Å². The highest BCUT2D eigenvalue weighted by Crippen LogP contribution is 2.30. The Balaban J connectivity index is 3.03. The van der Waals surface area contributed by atoms with Gasteiger partial charge in [-0.05, 0) is 19.9 Å². The molecule has 1 rings (SSSR count). The quantitative estimate of drug-likeness (QED) is 0.449. The first kappa shape index (κ1) is 11.6. The van der Waals surface area contributed by atoms with Crippen molar-refractivity contribution in [2.45, 2.75) is 19.4 Å². The van der Waals surface area contributed by atoms with Crippen molar-refractivity contribution in [1.29, 1.82) is 0 Å². The summed E-state index contributed by atoms with van der Waals surface area (Å²) in [6, 6.07) is 1.68. The van der Waals surface area contributed by atoms with E-state index in [0.29, 0.717) is 5.56 Å². The summed E-state index contributed by atoms with van der Waals surface area (Å²) in [7, 11) is 1.33. The highest BCUT2D eigenvalue weighted by atomic mass is 32.1. The highest BCUT2D eigenvalue weighted by molar-refractivity contribution is 7.10. The Kier molecular flexibility index (Phi) is 3.39. The molecule has 0 N–H and O–H groups in total. The summed E-state index contributed by atoms with van der Waals surface area (Å²) in [5.74, 6) is -0.386. The molecule has 0 unspecified atom stereocenters. The molecule has 0 radical (unpaired) electrons. The standard InChI is InChI=1S/C10H11NO3S/c1-10(2,11-6-12)8-4-7(5-15-8)9(13)14-3/h4-5H,1-3H3. The van der Waals surface area contributed by atoms with Gasteiger partial charge in [0.15, 0.2) is 0 Å². The number of hydrogen-bond acceptors (Lipinski definition) is 5. The Morgan fingerprint density at radius 3 is 2.80 bits per heavy atom. The summed E-state index contributed by atoms with van der Waals surface area (Å²) in [6.07, 6.45) is 1.52. The third-order valence-corrected chi connectivity index (χ3v) is 3.19. The number of aliphatic imine (C=N–C) groups is 1. The molecule has 0 aliphatic carbocycles. The second-order valence-corrected chi connectivity index (χ2v) is 4.36. The van der Waals surface area contributed by atoms with Crippen LogP contribution in [0.25, 0.3) is 0 Å². The minimum Gasteiger partial charge on any atom is -0.465 e. The Bertz CT molecular complexity index is 416. The van der Waals surface area contributed by atoms with Crippen LogP contribution < -0.4 is 0 Å². The molecule has 0 atom stereocenters. The summed E-state index contributed by atoms with van der Waals surface area (Å²) in [6.45, 7) is 3.57. The van der Waals surface area contributed by atoms with Gasteiger partial charge in [-0.15, -0.1) is 11.3 Å². The lowest BCUT2D eigenvalue weighted by Crippen LogP contribution is -2.11. The van der Waals surface area contributed by atoms with E-state index in [4.69, 9.17) is 0 Å². The molecular formula is C10H11NO3S. The van der Waals surface area contributed by atoms with Crippen LogP contribution in [0.2, 0.25) is 0 Å². The zero-order valence-corrected chi connectivity index (χ0v) is 9.55. The Morgan fingerprint density at radius 1 is 1.60 bits per heavy atom. The van der Waals surface area contributed by atoms with Gasteiger partial charge in [0.2, 0.25) is 6.08 Å². The number of hydrogen-bond donors (Lipinski definition) is 0. The number of nitrogens with zero attached hydrogens (tertiary/aromatic N) is 1. The van der Waals surface area contributed by atoms with Crippen LogP contribution in [0.4, 0.5) is 0 Å². The molecule has 1 aromatic heterocycles. The van der Waals surface area contributed by atoms with E-state index in [0.717, 1.165) is 4.88 Å². The number of ether oxygens (including phenoxy) is 1. The zero-order valence-electron chi connectivity index (χ0n) is 8.73. The maximum atomic E-state index is 11.2. The van der Waals surface area contributed by atoms with Gasteiger partial charge in [-0.1, -0.05) is 0 Å². The molecule has 0 bridgehead atoms. The second kappa shape index (κ2) is 4.38. The smallest absolute Gasteiger partial charge is 0.338 e. The van der Waals surface area contributed by atoms with E-state index in [-0.39, 0.29) is 5.97 Å². The van der Waals surface area contributed by atoms with Gasteiger partial charge in [-0.3, -0.25) is 0 Å². The van der Waals surface area contributed by atoms with Gasteiger partial charge in [-0.25, -0.2) is 9.59 Å². The number of rotatable bonds is 3. The summed E-state index contributed by atoms with van der Waals surface area (Å²) in [5.41, 5.74) is -0.162. The van der Waals surface area contributed by atoms with Gasteiger partial charge in [0.1, 0.15) is 5.54 Å². The van der Waals surface area contributed by atoms with Gasteiger partial charge in [-0.2, -0.15) is 4.99 Å². The first-order chi connectivity index (χ1) is 7.01. The summed E-state index contributed by atoms with van der Waals surface area (Å²) in [4.78, 5) is 25.9. The first-order valence-electron chi connectivity index (χ1n) is 4.27. The SMILES string of the molecule is COC(=O)c1csc(C(C)(C)N=C=O)c1. The first-order valence-corrected chi connectivity index (χ1v) is 5.15. The lowest BCUT2D eigenvalue weighted by molar-refractivity contribution is 0.0601. The molecule has 1 heterocycles. The number of esters is 1. The average Bonchev–Trinajstić information content (AvgIpc) is 2.66. The Hall–Kier alpha value is -1.45. The van der Waals surface area contributed by atoms with Crippen molar-refractivity contribution in [2.75, 3.05) is 7.11 Å². The third-order valence-electron chi connectivity index (χ3n) is 1.95. The number of thiophene rings is 1. The van der Waals surface area contributed by atoms with Crippen LogP contribution in [-0.2, 0) is 15.1 Å². The van der Waals surface area contributed by atoms with Crippen molar-refractivity contribution in [3.05, 3.63) is 21.9 Å². The van der Waals surface area contributed by atoms with Crippen LogP contribution in [0, 0.1) is 0 Å². The largest absolute Gasteiger partial charge is 0.465 e. The predicted octanol–water partition coefficient (Wildman–Crippen LogP) is 2.11. The van der Waals surface area contributed by atoms with Crippen molar-refractivity contribution < 1.29 is 14.3 Å². The van der Waals surface area contributed by atoms with Gasteiger partial charge >= 0.3 is 5.97 Å². The second-order valence-electron chi connectivity index (χ2n) is 3.45. The molecule has 0 fully saturated rings. The van der Waals surface area contributed by atoms with E-state index in [1.54, 1.807) is 25.3 Å². The van der Waals surface area contributed by atoms with Crippen molar-refractivity contribution in [3.63, 3.8) is 0 Å². The number of isocyanates is 1. The van der Waals surface area contributed by atoms with Crippen LogP contribution in [-0.4, -0.2) is 19.2 Å². The monoisotopic (exact) mass is 225 g/mol. The number of methoxy groups -OCH3 is 1. The van der Waals surface area contributed by atoms with Crippen molar-refractivity contribution in [2.24, 2.45) is 4.99 Å². The Labute approximate surface area is 91.6 Å². The van der Waals surface area contributed by atoms with Crippen LogP contribution in [0.5, 0.6) is 0 Å². The fraction of sp³-hybridized carbons (Fsp3) is 0.400. The molecule has 0 aromatic carbocycles. The maximum Gasteiger partial charge on any atom is 0.338 e. The van der Waals surface area contributed by atoms with Crippen molar-refractivity contribution in [3.8, 4) is 0 Å². The molecule has 5 heteroatoms. The van der Waals surface area contributed by atoms with Gasteiger partial charge in [0, 0.05) is 10.3 Å². The molecule has 0 saturated carbocycles. The van der Waals surface area contributed by atoms with E-state index in [2.05, 4.69) is 9.73 Å². The average molecular weight is 225 g/mol. The molecular weight excluding hydrogens is 214 g/mol. The molecule has 0 aliphatic rings. The van der Waals surface area contributed by atoms with Crippen LogP contribution in [0.15, 0.2) is 16.4 Å². The fourth-order valence-corrected chi connectivity index (χ4v) is 2.00. The summed E-state index contributed by atoms with van der Waals surface area (Å²) in [5, 5.41) is 1.68. The number of carbonyl (C=O) groups is 1. The van der Waals surface area contributed by atoms with E-state index in [1.165, 1.54) is 24.5 Å². The molecule has 0 amide bonds. The molecule has 15 heavy (non-hydrogen) atoms. The van der Waals surface area contributed by atoms with Gasteiger partial charge in [0.25, 0.3) is 0 Å². The lowest BCUT2D eigenvalue weighted by Gasteiger charge is -2.14. The minimum absolute atomic E-state index is 0.386. The van der Waals surface area contributed by atoms with E-state index in [1.807, 2.05) is 0 Å². The van der Waals surface area contributed by atoms with E-state index < -0.39 is 5.54 Å². The molecule has 4 nitrogen and oxygen atoms in total. The zero-order chi connectivity index (χ0) is 11.5. The normalized spacial score (nSPS) is 10.6.